The second kappa shape index (κ2) is 4.01. The molecule has 0 saturated carbocycles. The summed E-state index contributed by atoms with van der Waals surface area (Å²) in [4.78, 5) is 3.86. The third-order valence-electron chi connectivity index (χ3n) is 1.69. The molecule has 1 aromatic heterocycles. The van der Waals surface area contributed by atoms with Gasteiger partial charge in [-0.3, -0.25) is 4.39 Å². The van der Waals surface area contributed by atoms with Crippen LogP contribution in [0.4, 0.5) is 10.2 Å². The van der Waals surface area contributed by atoms with E-state index in [-0.39, 0.29) is 12.5 Å². The van der Waals surface area contributed by atoms with Crippen LogP contribution in [0, 0.1) is 0 Å². The highest BCUT2D eigenvalue weighted by atomic mass is 19.1. The van der Waals surface area contributed by atoms with Gasteiger partial charge in [0.2, 0.25) is 0 Å². The molecule has 4 heteroatoms. The summed E-state index contributed by atoms with van der Waals surface area (Å²) in [5, 5.41) is 0. The van der Waals surface area contributed by atoms with Crippen molar-refractivity contribution in [2.75, 3.05) is 12.4 Å². The van der Waals surface area contributed by atoms with Crippen molar-refractivity contribution in [1.29, 1.82) is 0 Å². The summed E-state index contributed by atoms with van der Waals surface area (Å²) in [6, 6.07) is 3.16. The maximum atomic E-state index is 11.9. The number of nitrogen functional groups attached to an aromatic ring is 1. The highest BCUT2D eigenvalue weighted by Gasteiger charge is 2.08. The van der Waals surface area contributed by atoms with Gasteiger partial charge in [-0.15, -0.1) is 0 Å². The van der Waals surface area contributed by atoms with E-state index in [1.54, 1.807) is 18.3 Å². The highest BCUT2D eigenvalue weighted by Crippen LogP contribution is 2.18. The average Bonchev–Trinajstić information content (AvgIpc) is 2.05. The van der Waals surface area contributed by atoms with Crippen LogP contribution < -0.4 is 11.5 Å². The van der Waals surface area contributed by atoms with Gasteiger partial charge in [0.05, 0.1) is 6.67 Å². The van der Waals surface area contributed by atoms with Gasteiger partial charge in [0.1, 0.15) is 5.82 Å². The third-order valence-corrected chi connectivity index (χ3v) is 1.69. The SMILES string of the molecule is Nc1ncccc1[C@@H](N)CCF. The number of rotatable bonds is 3. The van der Waals surface area contributed by atoms with E-state index < -0.39 is 6.67 Å². The Labute approximate surface area is 70.6 Å². The molecule has 1 atom stereocenters. The Morgan fingerprint density at radius 2 is 2.33 bits per heavy atom. The Morgan fingerprint density at radius 1 is 1.58 bits per heavy atom. The molecule has 0 fully saturated rings. The smallest absolute Gasteiger partial charge is 0.128 e. The van der Waals surface area contributed by atoms with Crippen molar-refractivity contribution in [2.24, 2.45) is 5.73 Å². The summed E-state index contributed by atoms with van der Waals surface area (Å²) in [6.07, 6.45) is 1.87. The van der Waals surface area contributed by atoms with Crippen LogP contribution in [-0.4, -0.2) is 11.7 Å². The van der Waals surface area contributed by atoms with Gasteiger partial charge in [-0.05, 0) is 12.5 Å². The van der Waals surface area contributed by atoms with Crippen LogP contribution in [0.2, 0.25) is 0 Å². The lowest BCUT2D eigenvalue weighted by Gasteiger charge is -2.10. The van der Waals surface area contributed by atoms with Gasteiger partial charge in [0.25, 0.3) is 0 Å². The molecule has 0 amide bonds. The fraction of sp³-hybridized carbons (Fsp3) is 0.375. The maximum absolute atomic E-state index is 11.9. The van der Waals surface area contributed by atoms with E-state index in [0.29, 0.717) is 5.82 Å². The molecule has 4 N–H and O–H groups in total. The molecule has 3 nitrogen and oxygen atoms in total. The first-order valence-corrected chi connectivity index (χ1v) is 3.77. The van der Waals surface area contributed by atoms with Crippen LogP contribution >= 0.6 is 0 Å². The van der Waals surface area contributed by atoms with Gasteiger partial charge < -0.3 is 11.5 Å². The van der Waals surface area contributed by atoms with E-state index >= 15 is 0 Å². The Morgan fingerprint density at radius 3 is 2.92 bits per heavy atom. The minimum atomic E-state index is -0.435. The summed E-state index contributed by atoms with van der Waals surface area (Å²) in [5.41, 5.74) is 11.9. The fourth-order valence-electron chi connectivity index (χ4n) is 1.02. The molecule has 0 saturated heterocycles. The van der Waals surface area contributed by atoms with Crippen LogP contribution in [0.5, 0.6) is 0 Å². The number of halogens is 1. The molecule has 1 rings (SSSR count). The van der Waals surface area contributed by atoms with Crippen LogP contribution in [0.25, 0.3) is 0 Å². The first-order valence-electron chi connectivity index (χ1n) is 3.77. The molecule has 0 aromatic carbocycles. The number of hydrogen-bond donors (Lipinski definition) is 2. The van der Waals surface area contributed by atoms with Gasteiger partial charge in [-0.2, -0.15) is 0 Å². The number of nitrogens with zero attached hydrogens (tertiary/aromatic N) is 1. The molecular formula is C8H12FN3. The highest BCUT2D eigenvalue weighted by molar-refractivity contribution is 5.40. The molecule has 0 aliphatic heterocycles. The quantitative estimate of drug-likeness (QED) is 0.710. The molecule has 1 heterocycles. The number of alkyl halides is 1. The zero-order valence-corrected chi connectivity index (χ0v) is 6.70. The van der Waals surface area contributed by atoms with Crippen molar-refractivity contribution in [3.8, 4) is 0 Å². The zero-order valence-electron chi connectivity index (χ0n) is 6.70. The van der Waals surface area contributed by atoms with Crippen molar-refractivity contribution in [2.45, 2.75) is 12.5 Å². The van der Waals surface area contributed by atoms with Crippen LogP contribution in [0.3, 0.4) is 0 Å². The lowest BCUT2D eigenvalue weighted by Crippen LogP contribution is -2.13. The summed E-state index contributed by atoms with van der Waals surface area (Å²) in [5.74, 6) is 0.387. The summed E-state index contributed by atoms with van der Waals surface area (Å²) < 4.78 is 11.9. The Kier molecular flexibility index (Phi) is 2.99. The second-order valence-electron chi connectivity index (χ2n) is 2.56. The number of aromatic nitrogens is 1. The molecular weight excluding hydrogens is 157 g/mol. The largest absolute Gasteiger partial charge is 0.383 e. The van der Waals surface area contributed by atoms with Crippen molar-refractivity contribution in [3.05, 3.63) is 23.9 Å². The maximum Gasteiger partial charge on any atom is 0.128 e. The molecule has 0 aliphatic carbocycles. The van der Waals surface area contributed by atoms with E-state index in [9.17, 15) is 4.39 Å². The van der Waals surface area contributed by atoms with Gasteiger partial charge in [0, 0.05) is 17.8 Å². The second-order valence-corrected chi connectivity index (χ2v) is 2.56. The molecule has 0 bridgehead atoms. The summed E-state index contributed by atoms with van der Waals surface area (Å²) in [7, 11) is 0. The minimum Gasteiger partial charge on any atom is -0.383 e. The van der Waals surface area contributed by atoms with Crippen LogP contribution in [-0.2, 0) is 0 Å². The summed E-state index contributed by atoms with van der Waals surface area (Å²) in [6.45, 7) is -0.435. The number of pyridine rings is 1. The molecule has 1 aromatic rings. The van der Waals surface area contributed by atoms with Crippen LogP contribution in [0.15, 0.2) is 18.3 Å². The predicted molar refractivity (Wildman–Crippen MR) is 46.2 cm³/mol. The van der Waals surface area contributed by atoms with E-state index in [1.165, 1.54) is 0 Å². The minimum absolute atomic E-state index is 0.288. The standard InChI is InChI=1S/C8H12FN3/c9-4-3-7(10)6-2-1-5-12-8(6)11/h1-2,5,7H,3-4,10H2,(H2,11,12)/t7-/m0/s1. The summed E-state index contributed by atoms with van der Waals surface area (Å²) >= 11 is 0. The Bertz CT molecular complexity index is 252. The predicted octanol–water partition coefficient (Wildman–Crippen LogP) is 1.02. The van der Waals surface area contributed by atoms with Crippen molar-refractivity contribution in [3.63, 3.8) is 0 Å². The zero-order chi connectivity index (χ0) is 8.97. The van der Waals surface area contributed by atoms with Gasteiger partial charge in [-0.1, -0.05) is 6.07 Å². The van der Waals surface area contributed by atoms with E-state index in [0.717, 1.165) is 5.56 Å². The average molecular weight is 169 g/mol. The van der Waals surface area contributed by atoms with Crippen molar-refractivity contribution < 1.29 is 4.39 Å². The first kappa shape index (κ1) is 8.93. The van der Waals surface area contributed by atoms with Crippen molar-refractivity contribution >= 4 is 5.82 Å². The van der Waals surface area contributed by atoms with Gasteiger partial charge >= 0.3 is 0 Å². The van der Waals surface area contributed by atoms with Gasteiger partial charge in [0.15, 0.2) is 0 Å². The van der Waals surface area contributed by atoms with E-state index in [4.69, 9.17) is 11.5 Å². The Balaban J connectivity index is 2.79. The molecule has 66 valence electrons. The number of hydrogen-bond acceptors (Lipinski definition) is 3. The molecule has 0 radical (unpaired) electrons. The number of anilines is 1. The molecule has 12 heavy (non-hydrogen) atoms. The van der Waals surface area contributed by atoms with Gasteiger partial charge in [-0.25, -0.2) is 4.98 Å². The molecule has 0 unspecified atom stereocenters. The van der Waals surface area contributed by atoms with E-state index in [2.05, 4.69) is 4.98 Å². The first-order chi connectivity index (χ1) is 5.75. The number of nitrogens with two attached hydrogens (primary N) is 2. The molecule has 0 aliphatic rings. The lowest BCUT2D eigenvalue weighted by atomic mass is 10.1. The van der Waals surface area contributed by atoms with Crippen molar-refractivity contribution in [1.82, 2.24) is 4.98 Å². The fourth-order valence-corrected chi connectivity index (χ4v) is 1.02. The van der Waals surface area contributed by atoms with E-state index in [1.807, 2.05) is 0 Å². The monoisotopic (exact) mass is 169 g/mol. The Hall–Kier alpha value is -1.16. The lowest BCUT2D eigenvalue weighted by molar-refractivity contribution is 0.442. The topological polar surface area (TPSA) is 64.9 Å². The molecule has 0 spiro atoms. The normalized spacial score (nSPS) is 12.8. The third kappa shape index (κ3) is 1.92. The van der Waals surface area contributed by atoms with Crippen LogP contribution in [0.1, 0.15) is 18.0 Å².